The molecule has 2 rings (SSSR count). The molecule has 1 aliphatic carbocycles. The molecule has 16 heavy (non-hydrogen) atoms. The highest BCUT2D eigenvalue weighted by Gasteiger charge is 2.40. The van der Waals surface area contributed by atoms with Gasteiger partial charge in [-0.15, -0.1) is 0 Å². The molecule has 0 bridgehead atoms. The fourth-order valence-electron chi connectivity index (χ4n) is 2.74. The molecule has 1 saturated carbocycles. The normalized spacial score (nSPS) is 28.2. The van der Waals surface area contributed by atoms with Crippen LogP contribution in [0.5, 0.6) is 0 Å². The summed E-state index contributed by atoms with van der Waals surface area (Å²) in [4.78, 5) is 4.41. The molecule has 1 heterocycles. The number of halogens is 1. The van der Waals surface area contributed by atoms with Crippen LogP contribution in [0.1, 0.15) is 38.8 Å². The standard InChI is InChI=1S/C13H19BrN2/c1-12(2)5-6-13(15,9-12)7-11-4-3-10(14)8-16-11/h3-4,8H,5-7,9,15H2,1-2H3. The van der Waals surface area contributed by atoms with Crippen LogP contribution >= 0.6 is 15.9 Å². The van der Waals surface area contributed by atoms with Gasteiger partial charge in [0.15, 0.2) is 0 Å². The van der Waals surface area contributed by atoms with Crippen molar-refractivity contribution in [3.8, 4) is 0 Å². The zero-order valence-corrected chi connectivity index (χ0v) is 11.5. The van der Waals surface area contributed by atoms with Gasteiger partial charge in [0.2, 0.25) is 0 Å². The predicted molar refractivity (Wildman–Crippen MR) is 70.2 cm³/mol. The second kappa shape index (κ2) is 4.11. The van der Waals surface area contributed by atoms with Crippen molar-refractivity contribution in [2.24, 2.45) is 11.1 Å². The van der Waals surface area contributed by atoms with Crippen molar-refractivity contribution >= 4 is 15.9 Å². The lowest BCUT2D eigenvalue weighted by molar-refractivity contribution is 0.333. The fraction of sp³-hybridized carbons (Fsp3) is 0.615. The van der Waals surface area contributed by atoms with E-state index in [9.17, 15) is 0 Å². The van der Waals surface area contributed by atoms with Crippen molar-refractivity contribution < 1.29 is 0 Å². The molecule has 0 spiro atoms. The highest BCUT2D eigenvalue weighted by atomic mass is 79.9. The molecule has 2 nitrogen and oxygen atoms in total. The molecule has 88 valence electrons. The van der Waals surface area contributed by atoms with E-state index in [4.69, 9.17) is 5.73 Å². The van der Waals surface area contributed by atoms with Crippen LogP contribution in [0.4, 0.5) is 0 Å². The van der Waals surface area contributed by atoms with E-state index in [0.29, 0.717) is 5.41 Å². The maximum atomic E-state index is 6.45. The van der Waals surface area contributed by atoms with Gasteiger partial charge in [0.05, 0.1) is 0 Å². The van der Waals surface area contributed by atoms with E-state index in [0.717, 1.165) is 29.4 Å². The van der Waals surface area contributed by atoms with Crippen molar-refractivity contribution in [3.63, 3.8) is 0 Å². The van der Waals surface area contributed by atoms with E-state index in [2.05, 4.69) is 40.8 Å². The zero-order valence-electron chi connectivity index (χ0n) is 9.96. The van der Waals surface area contributed by atoms with Crippen molar-refractivity contribution in [2.75, 3.05) is 0 Å². The number of rotatable bonds is 2. The Morgan fingerprint density at radius 1 is 1.38 bits per heavy atom. The minimum absolute atomic E-state index is 0.0513. The maximum absolute atomic E-state index is 6.45. The van der Waals surface area contributed by atoms with Gasteiger partial charge >= 0.3 is 0 Å². The van der Waals surface area contributed by atoms with Crippen LogP contribution in [0.3, 0.4) is 0 Å². The third-order valence-corrected chi connectivity index (χ3v) is 3.92. The molecule has 0 aliphatic heterocycles. The van der Waals surface area contributed by atoms with Crippen LogP contribution in [0.25, 0.3) is 0 Å². The quantitative estimate of drug-likeness (QED) is 0.904. The highest BCUT2D eigenvalue weighted by molar-refractivity contribution is 9.10. The summed E-state index contributed by atoms with van der Waals surface area (Å²) in [6.45, 7) is 4.60. The van der Waals surface area contributed by atoms with E-state index in [1.165, 1.54) is 6.42 Å². The van der Waals surface area contributed by atoms with Crippen molar-refractivity contribution in [3.05, 3.63) is 28.5 Å². The maximum Gasteiger partial charge on any atom is 0.0422 e. The van der Waals surface area contributed by atoms with Gasteiger partial charge in [0.25, 0.3) is 0 Å². The first-order chi connectivity index (χ1) is 7.39. The SMILES string of the molecule is CC1(C)CCC(N)(Cc2ccc(Br)cn2)C1. The molecule has 1 fully saturated rings. The monoisotopic (exact) mass is 282 g/mol. The lowest BCUT2D eigenvalue weighted by Crippen LogP contribution is -2.40. The Kier molecular flexibility index (Phi) is 3.10. The van der Waals surface area contributed by atoms with E-state index in [1.54, 1.807) is 0 Å². The molecule has 1 aromatic rings. The van der Waals surface area contributed by atoms with Crippen LogP contribution in [0, 0.1) is 5.41 Å². The molecule has 0 saturated heterocycles. The van der Waals surface area contributed by atoms with Crippen molar-refractivity contribution in [2.45, 2.75) is 45.1 Å². The Bertz CT molecular complexity index is 372. The van der Waals surface area contributed by atoms with Gasteiger partial charge in [-0.1, -0.05) is 13.8 Å². The van der Waals surface area contributed by atoms with Gasteiger partial charge in [0, 0.05) is 28.3 Å². The lowest BCUT2D eigenvalue weighted by Gasteiger charge is -2.26. The Morgan fingerprint density at radius 2 is 2.12 bits per heavy atom. The number of hydrogen-bond donors (Lipinski definition) is 1. The number of nitrogens with two attached hydrogens (primary N) is 1. The summed E-state index contributed by atoms with van der Waals surface area (Å²) in [7, 11) is 0. The lowest BCUT2D eigenvalue weighted by atomic mass is 9.86. The molecular weight excluding hydrogens is 264 g/mol. The second-order valence-electron chi connectivity index (χ2n) is 5.85. The predicted octanol–water partition coefficient (Wildman–Crippen LogP) is 3.29. The van der Waals surface area contributed by atoms with Crippen LogP contribution < -0.4 is 5.73 Å². The third kappa shape index (κ3) is 2.83. The molecule has 0 aromatic carbocycles. The van der Waals surface area contributed by atoms with Crippen molar-refractivity contribution in [1.82, 2.24) is 4.98 Å². The smallest absolute Gasteiger partial charge is 0.0422 e. The van der Waals surface area contributed by atoms with Gasteiger partial charge in [-0.2, -0.15) is 0 Å². The van der Waals surface area contributed by atoms with Crippen LogP contribution in [-0.2, 0) is 6.42 Å². The molecular formula is C13H19BrN2. The van der Waals surface area contributed by atoms with Gasteiger partial charge in [-0.3, -0.25) is 4.98 Å². The van der Waals surface area contributed by atoms with Crippen LogP contribution in [0.2, 0.25) is 0 Å². The topological polar surface area (TPSA) is 38.9 Å². The summed E-state index contributed by atoms with van der Waals surface area (Å²) in [5.41, 5.74) is 7.90. The summed E-state index contributed by atoms with van der Waals surface area (Å²) in [6.07, 6.45) is 6.16. The molecule has 1 unspecified atom stereocenters. The van der Waals surface area contributed by atoms with Gasteiger partial charge in [-0.05, 0) is 52.7 Å². The average molecular weight is 283 g/mol. The Balaban J connectivity index is 2.07. The molecule has 1 atom stereocenters. The number of nitrogens with zero attached hydrogens (tertiary/aromatic N) is 1. The average Bonchev–Trinajstić information content (AvgIpc) is 2.45. The summed E-state index contributed by atoms with van der Waals surface area (Å²) >= 11 is 3.40. The van der Waals surface area contributed by atoms with Gasteiger partial charge in [-0.25, -0.2) is 0 Å². The largest absolute Gasteiger partial charge is 0.325 e. The summed E-state index contributed by atoms with van der Waals surface area (Å²) in [5.74, 6) is 0. The summed E-state index contributed by atoms with van der Waals surface area (Å²) < 4.78 is 1.02. The molecule has 0 radical (unpaired) electrons. The second-order valence-corrected chi connectivity index (χ2v) is 6.76. The minimum atomic E-state index is -0.0513. The molecule has 2 N–H and O–H groups in total. The van der Waals surface area contributed by atoms with E-state index in [1.807, 2.05) is 12.3 Å². The van der Waals surface area contributed by atoms with Gasteiger partial charge in [0.1, 0.15) is 0 Å². The molecule has 1 aromatic heterocycles. The molecule has 3 heteroatoms. The molecule has 0 amide bonds. The zero-order chi connectivity index (χ0) is 11.8. The Labute approximate surface area is 106 Å². The summed E-state index contributed by atoms with van der Waals surface area (Å²) in [6, 6.07) is 4.09. The fourth-order valence-corrected chi connectivity index (χ4v) is 2.97. The van der Waals surface area contributed by atoms with Crippen LogP contribution in [0.15, 0.2) is 22.8 Å². The van der Waals surface area contributed by atoms with E-state index in [-0.39, 0.29) is 5.54 Å². The Morgan fingerprint density at radius 3 is 2.62 bits per heavy atom. The first-order valence-electron chi connectivity index (χ1n) is 5.78. The number of aromatic nitrogens is 1. The number of hydrogen-bond acceptors (Lipinski definition) is 2. The Hall–Kier alpha value is -0.410. The summed E-state index contributed by atoms with van der Waals surface area (Å²) in [5, 5.41) is 0. The van der Waals surface area contributed by atoms with E-state index < -0.39 is 0 Å². The third-order valence-electron chi connectivity index (χ3n) is 3.45. The first kappa shape index (κ1) is 12.1. The highest BCUT2D eigenvalue weighted by Crippen LogP contribution is 2.43. The minimum Gasteiger partial charge on any atom is -0.325 e. The first-order valence-corrected chi connectivity index (χ1v) is 6.57. The van der Waals surface area contributed by atoms with Crippen LogP contribution in [-0.4, -0.2) is 10.5 Å². The van der Waals surface area contributed by atoms with Crippen molar-refractivity contribution in [1.29, 1.82) is 0 Å². The van der Waals surface area contributed by atoms with Gasteiger partial charge < -0.3 is 5.73 Å². The van der Waals surface area contributed by atoms with E-state index >= 15 is 0 Å². The number of pyridine rings is 1. The molecule has 1 aliphatic rings.